The van der Waals surface area contributed by atoms with Gasteiger partial charge >= 0.3 is 0 Å². The monoisotopic (exact) mass is 389 g/mol. The van der Waals surface area contributed by atoms with Crippen LogP contribution in [0.2, 0.25) is 5.02 Å². The van der Waals surface area contributed by atoms with Crippen LogP contribution in [0, 0.1) is 27.3 Å². The summed E-state index contributed by atoms with van der Waals surface area (Å²) >= 11 is 7.31. The minimum absolute atomic E-state index is 0.128. The third-order valence-corrected chi connectivity index (χ3v) is 5.91. The average Bonchev–Trinajstić information content (AvgIpc) is 2.61. The summed E-state index contributed by atoms with van der Waals surface area (Å²) < 4.78 is 13.3. The van der Waals surface area contributed by atoms with Gasteiger partial charge in [0.25, 0.3) is 0 Å². The zero-order chi connectivity index (χ0) is 18.8. The summed E-state index contributed by atoms with van der Waals surface area (Å²) in [4.78, 5) is 11.6. The molecule has 132 valence electrons. The Labute approximate surface area is 158 Å². The summed E-state index contributed by atoms with van der Waals surface area (Å²) in [6.45, 7) is 0. The standard InChI is InChI=1S/C18H13ClFN3O2S/c19-14-4-2-1-3-12(14)15-13(9-21)18(22)26-17(16(15)23(24)25)10-5-7-11(20)8-6-10/h1-8,15-17H,22H2/t15-,16+,17-/m0/s1. The number of thioether (sulfide) groups is 1. The predicted octanol–water partition coefficient (Wildman–Crippen LogP) is 4.39. The highest BCUT2D eigenvalue weighted by Crippen LogP contribution is 2.51. The maximum atomic E-state index is 13.3. The number of rotatable bonds is 3. The maximum absolute atomic E-state index is 13.3. The smallest absolute Gasteiger partial charge is 0.240 e. The Hall–Kier alpha value is -2.56. The van der Waals surface area contributed by atoms with Crippen molar-refractivity contribution in [3.8, 4) is 6.07 Å². The van der Waals surface area contributed by atoms with Crippen molar-refractivity contribution in [1.29, 1.82) is 5.26 Å². The fourth-order valence-electron chi connectivity index (χ4n) is 3.11. The SMILES string of the molecule is N#CC1=C(N)S[C@@H](c2ccc(F)cc2)[C@H]([N+](=O)[O-])[C@H]1c1ccccc1Cl. The number of hydrogen-bond donors (Lipinski definition) is 1. The molecule has 0 amide bonds. The minimum atomic E-state index is -1.17. The third kappa shape index (κ3) is 3.26. The van der Waals surface area contributed by atoms with E-state index in [1.165, 1.54) is 24.3 Å². The van der Waals surface area contributed by atoms with Crippen molar-refractivity contribution in [3.63, 3.8) is 0 Å². The van der Waals surface area contributed by atoms with E-state index in [0.29, 0.717) is 16.1 Å². The number of hydrogen-bond acceptors (Lipinski definition) is 5. The van der Waals surface area contributed by atoms with Crippen LogP contribution in [-0.4, -0.2) is 11.0 Å². The Balaban J connectivity index is 2.20. The van der Waals surface area contributed by atoms with Crippen molar-refractivity contribution in [3.05, 3.63) is 91.2 Å². The Morgan fingerprint density at radius 2 is 1.88 bits per heavy atom. The van der Waals surface area contributed by atoms with Gasteiger partial charge in [-0.15, -0.1) is 0 Å². The van der Waals surface area contributed by atoms with Crippen LogP contribution in [0.1, 0.15) is 22.3 Å². The van der Waals surface area contributed by atoms with E-state index in [4.69, 9.17) is 17.3 Å². The fraction of sp³-hybridized carbons (Fsp3) is 0.167. The lowest BCUT2D eigenvalue weighted by Gasteiger charge is -2.32. The largest absolute Gasteiger partial charge is 0.393 e. The first-order valence-corrected chi connectivity index (χ1v) is 8.89. The topological polar surface area (TPSA) is 93.0 Å². The molecule has 1 aliphatic heterocycles. The van der Waals surface area contributed by atoms with E-state index in [2.05, 4.69) is 0 Å². The first-order valence-electron chi connectivity index (χ1n) is 7.63. The molecule has 0 fully saturated rings. The van der Waals surface area contributed by atoms with E-state index in [1.54, 1.807) is 24.3 Å². The summed E-state index contributed by atoms with van der Waals surface area (Å²) in [7, 11) is 0. The lowest BCUT2D eigenvalue weighted by Crippen LogP contribution is -2.37. The summed E-state index contributed by atoms with van der Waals surface area (Å²) in [5.74, 6) is -1.32. The molecule has 3 rings (SSSR count). The Morgan fingerprint density at radius 3 is 2.46 bits per heavy atom. The van der Waals surface area contributed by atoms with Crippen molar-refractivity contribution in [2.24, 2.45) is 5.73 Å². The normalized spacial score (nSPS) is 22.7. The molecule has 2 aromatic carbocycles. The molecule has 26 heavy (non-hydrogen) atoms. The number of halogens is 2. The van der Waals surface area contributed by atoms with E-state index in [9.17, 15) is 19.8 Å². The van der Waals surface area contributed by atoms with Gasteiger partial charge in [0.2, 0.25) is 6.04 Å². The van der Waals surface area contributed by atoms with Gasteiger partial charge < -0.3 is 5.73 Å². The highest BCUT2D eigenvalue weighted by molar-refractivity contribution is 8.03. The second-order valence-corrected chi connectivity index (χ2v) is 7.35. The second-order valence-electron chi connectivity index (χ2n) is 5.75. The maximum Gasteiger partial charge on any atom is 0.240 e. The molecule has 0 bridgehead atoms. The Morgan fingerprint density at radius 1 is 1.23 bits per heavy atom. The Kier molecular flexibility index (Phi) is 5.16. The highest BCUT2D eigenvalue weighted by atomic mass is 35.5. The molecule has 2 aromatic rings. The predicted molar refractivity (Wildman–Crippen MR) is 98.5 cm³/mol. The molecule has 0 spiro atoms. The zero-order valence-electron chi connectivity index (χ0n) is 13.3. The number of nitrogens with zero attached hydrogens (tertiary/aromatic N) is 2. The van der Waals surface area contributed by atoms with Crippen LogP contribution in [-0.2, 0) is 0 Å². The van der Waals surface area contributed by atoms with Gasteiger partial charge in [-0.1, -0.05) is 53.7 Å². The molecule has 0 saturated carbocycles. The van der Waals surface area contributed by atoms with Gasteiger partial charge in [0.05, 0.1) is 22.6 Å². The van der Waals surface area contributed by atoms with Gasteiger partial charge in [-0.25, -0.2) is 4.39 Å². The van der Waals surface area contributed by atoms with E-state index >= 15 is 0 Å². The van der Waals surface area contributed by atoms with Crippen molar-refractivity contribution in [2.75, 3.05) is 0 Å². The van der Waals surface area contributed by atoms with Crippen LogP contribution < -0.4 is 5.73 Å². The molecule has 0 aromatic heterocycles. The Bertz CT molecular complexity index is 927. The lowest BCUT2D eigenvalue weighted by molar-refractivity contribution is -0.525. The molecule has 1 aliphatic rings. The first-order chi connectivity index (χ1) is 12.4. The molecule has 3 atom stereocenters. The molecule has 5 nitrogen and oxygen atoms in total. The van der Waals surface area contributed by atoms with Crippen LogP contribution >= 0.6 is 23.4 Å². The van der Waals surface area contributed by atoms with Crippen LogP contribution in [0.25, 0.3) is 0 Å². The minimum Gasteiger partial charge on any atom is -0.393 e. The van der Waals surface area contributed by atoms with Crippen molar-refractivity contribution >= 4 is 23.4 Å². The molecule has 0 aliphatic carbocycles. The van der Waals surface area contributed by atoms with E-state index < -0.39 is 28.0 Å². The quantitative estimate of drug-likeness (QED) is 0.620. The van der Waals surface area contributed by atoms with E-state index in [0.717, 1.165) is 11.8 Å². The molecule has 0 unspecified atom stereocenters. The molecule has 2 N–H and O–H groups in total. The second kappa shape index (κ2) is 7.36. The fourth-order valence-corrected chi connectivity index (χ4v) is 4.63. The van der Waals surface area contributed by atoms with Crippen LogP contribution in [0.3, 0.4) is 0 Å². The molecular weight excluding hydrogens is 377 g/mol. The summed E-state index contributed by atoms with van der Waals surface area (Å²) in [5.41, 5.74) is 7.24. The highest BCUT2D eigenvalue weighted by Gasteiger charge is 2.48. The van der Waals surface area contributed by atoms with Crippen molar-refractivity contribution in [1.82, 2.24) is 0 Å². The van der Waals surface area contributed by atoms with Crippen molar-refractivity contribution < 1.29 is 9.31 Å². The molecular formula is C18H13ClFN3O2S. The summed E-state index contributed by atoms with van der Waals surface area (Å²) in [5, 5.41) is 21.4. The van der Waals surface area contributed by atoms with Gasteiger partial charge in [0.1, 0.15) is 11.1 Å². The average molecular weight is 390 g/mol. The van der Waals surface area contributed by atoms with E-state index in [-0.39, 0.29) is 10.6 Å². The van der Waals surface area contributed by atoms with Crippen molar-refractivity contribution in [2.45, 2.75) is 17.2 Å². The number of benzene rings is 2. The van der Waals surface area contributed by atoms with Crippen LogP contribution in [0.4, 0.5) is 4.39 Å². The van der Waals surface area contributed by atoms with Gasteiger partial charge in [-0.3, -0.25) is 10.1 Å². The molecule has 0 radical (unpaired) electrons. The van der Waals surface area contributed by atoms with Gasteiger partial charge in [-0.2, -0.15) is 5.26 Å². The lowest BCUT2D eigenvalue weighted by atomic mass is 9.82. The summed E-state index contributed by atoms with van der Waals surface area (Å²) in [6, 6.07) is 13.0. The molecule has 0 saturated heterocycles. The van der Waals surface area contributed by atoms with Gasteiger partial charge in [0.15, 0.2) is 0 Å². The first kappa shape index (κ1) is 18.2. The van der Waals surface area contributed by atoms with E-state index in [1.807, 2.05) is 6.07 Å². The number of nitriles is 1. The number of nitrogens with two attached hydrogens (primary N) is 1. The summed E-state index contributed by atoms with van der Waals surface area (Å²) in [6.07, 6.45) is 0. The zero-order valence-corrected chi connectivity index (χ0v) is 14.9. The van der Waals surface area contributed by atoms with Gasteiger partial charge in [-0.05, 0) is 29.3 Å². The van der Waals surface area contributed by atoms with Crippen LogP contribution in [0.15, 0.2) is 59.1 Å². The third-order valence-electron chi connectivity index (χ3n) is 4.28. The molecule has 8 heteroatoms. The molecule has 1 heterocycles. The van der Waals surface area contributed by atoms with Crippen LogP contribution in [0.5, 0.6) is 0 Å². The van der Waals surface area contributed by atoms with Gasteiger partial charge in [0, 0.05) is 9.95 Å². The number of nitro groups is 1.